The van der Waals surface area contributed by atoms with Gasteiger partial charge in [0.1, 0.15) is 13.2 Å². The molecule has 9 heteroatoms. The quantitative estimate of drug-likeness (QED) is 0.0320. The normalized spacial score (nSPS) is 14.1. The number of nitrogens with zero attached hydrogens (tertiary/aromatic N) is 1. The lowest BCUT2D eigenvalue weighted by atomic mass is 10.0. The molecule has 0 bridgehead atoms. The molecule has 0 saturated carbocycles. The van der Waals surface area contributed by atoms with E-state index >= 15 is 0 Å². The molecule has 1 amide bonds. The van der Waals surface area contributed by atoms with Gasteiger partial charge in [-0.15, -0.1) is 0 Å². The van der Waals surface area contributed by atoms with Crippen molar-refractivity contribution in [1.29, 1.82) is 0 Å². The molecule has 0 rings (SSSR count). The smallest absolute Gasteiger partial charge is 0.391 e. The van der Waals surface area contributed by atoms with Crippen LogP contribution in [0.5, 0.6) is 0 Å². The van der Waals surface area contributed by atoms with E-state index in [-0.39, 0.29) is 19.1 Å². The van der Waals surface area contributed by atoms with Crippen molar-refractivity contribution >= 4 is 13.7 Å². The van der Waals surface area contributed by atoms with E-state index in [4.69, 9.17) is 9.05 Å². The first kappa shape index (κ1) is 58.5. The molecule has 0 aliphatic rings. The number of aliphatic hydroxyl groups is 1. The Morgan fingerprint density at radius 1 is 0.508 bits per heavy atom. The third-order valence-electron chi connectivity index (χ3n) is 12.1. The standard InChI is InChI=1S/C50H103N2O6P/c1-6-8-10-12-14-16-18-20-22-24-25-26-27-28-29-31-33-35-37-39-41-43-49(53)48(47-58-59(55,56)57-46-45-52(3,4)5)51-50(54)44-42-40-38-36-34-32-30-23-21-19-17-15-13-11-9-7-2/h48-49,53H,6-47H2,1-5H3,(H-,51,54,55,56)/p+1. The van der Waals surface area contributed by atoms with Crippen molar-refractivity contribution < 1.29 is 32.9 Å². The number of quaternary nitrogens is 1. The summed E-state index contributed by atoms with van der Waals surface area (Å²) < 4.78 is 23.7. The molecule has 0 fully saturated rings. The Morgan fingerprint density at radius 3 is 1.14 bits per heavy atom. The molecule has 8 nitrogen and oxygen atoms in total. The van der Waals surface area contributed by atoms with E-state index in [1.54, 1.807) is 0 Å². The average molecular weight is 860 g/mol. The Morgan fingerprint density at radius 2 is 0.814 bits per heavy atom. The summed E-state index contributed by atoms with van der Waals surface area (Å²) in [6, 6.07) is -0.754. The van der Waals surface area contributed by atoms with Gasteiger partial charge in [-0.05, 0) is 12.8 Å². The van der Waals surface area contributed by atoms with Crippen LogP contribution in [0.25, 0.3) is 0 Å². The van der Waals surface area contributed by atoms with Crippen molar-refractivity contribution in [3.63, 3.8) is 0 Å². The molecule has 0 aromatic carbocycles. The van der Waals surface area contributed by atoms with Crippen molar-refractivity contribution in [1.82, 2.24) is 5.32 Å². The Bertz CT molecular complexity index is 932. The van der Waals surface area contributed by atoms with Crippen LogP contribution in [-0.2, 0) is 18.4 Å². The van der Waals surface area contributed by atoms with Crippen LogP contribution in [0.2, 0.25) is 0 Å². The second-order valence-electron chi connectivity index (χ2n) is 19.3. The average Bonchev–Trinajstić information content (AvgIpc) is 3.19. The van der Waals surface area contributed by atoms with Crippen molar-refractivity contribution in [2.45, 2.75) is 276 Å². The van der Waals surface area contributed by atoms with Crippen LogP contribution in [-0.4, -0.2) is 73.4 Å². The molecular weight excluding hydrogens is 756 g/mol. The number of nitrogens with one attached hydrogen (secondary N) is 1. The van der Waals surface area contributed by atoms with Crippen LogP contribution >= 0.6 is 7.82 Å². The maximum Gasteiger partial charge on any atom is 0.472 e. The molecular formula is C50H104N2O6P+. The van der Waals surface area contributed by atoms with Gasteiger partial charge in [0.05, 0.1) is 39.9 Å². The number of carbonyl (C=O) groups excluding carboxylic acids is 1. The third-order valence-corrected chi connectivity index (χ3v) is 13.1. The highest BCUT2D eigenvalue weighted by molar-refractivity contribution is 7.47. The van der Waals surface area contributed by atoms with Gasteiger partial charge in [-0.3, -0.25) is 13.8 Å². The fraction of sp³-hybridized carbons (Fsp3) is 0.980. The lowest BCUT2D eigenvalue weighted by Gasteiger charge is -2.26. The number of unbranched alkanes of at least 4 members (excludes halogenated alkanes) is 35. The highest BCUT2D eigenvalue weighted by atomic mass is 31.2. The highest BCUT2D eigenvalue weighted by Crippen LogP contribution is 2.43. The van der Waals surface area contributed by atoms with E-state index in [9.17, 15) is 19.4 Å². The number of hydrogen-bond acceptors (Lipinski definition) is 5. The fourth-order valence-electron chi connectivity index (χ4n) is 7.99. The van der Waals surface area contributed by atoms with Gasteiger partial charge >= 0.3 is 7.82 Å². The number of amides is 1. The summed E-state index contributed by atoms with van der Waals surface area (Å²) in [5.74, 6) is -0.138. The van der Waals surface area contributed by atoms with Crippen molar-refractivity contribution in [3.05, 3.63) is 0 Å². The first-order chi connectivity index (χ1) is 28.5. The third kappa shape index (κ3) is 45.3. The van der Waals surface area contributed by atoms with Crippen molar-refractivity contribution in [2.24, 2.45) is 0 Å². The Hall–Kier alpha value is -0.500. The molecule has 0 aliphatic heterocycles. The summed E-state index contributed by atoms with van der Waals surface area (Å²) in [5, 5.41) is 14.0. The molecule has 0 aromatic rings. The number of likely N-dealkylation sites (N-methyl/N-ethyl adjacent to an activating group) is 1. The topological polar surface area (TPSA) is 105 Å². The van der Waals surface area contributed by atoms with Gasteiger partial charge in [0.2, 0.25) is 5.91 Å². The van der Waals surface area contributed by atoms with Crippen LogP contribution in [0.15, 0.2) is 0 Å². The zero-order valence-corrected chi connectivity index (χ0v) is 41.2. The van der Waals surface area contributed by atoms with Crippen LogP contribution < -0.4 is 5.32 Å². The molecule has 0 radical (unpaired) electrons. The molecule has 0 heterocycles. The molecule has 3 unspecified atom stereocenters. The van der Waals surface area contributed by atoms with Crippen LogP contribution in [0, 0.1) is 0 Å². The van der Waals surface area contributed by atoms with Crippen LogP contribution in [0.3, 0.4) is 0 Å². The summed E-state index contributed by atoms with van der Waals surface area (Å²) in [6.45, 7) is 4.93. The predicted octanol–water partition coefficient (Wildman–Crippen LogP) is 14.9. The second-order valence-corrected chi connectivity index (χ2v) is 20.7. The Kier molecular flexibility index (Phi) is 42.4. The number of rotatable bonds is 48. The van der Waals surface area contributed by atoms with E-state index in [0.29, 0.717) is 23.9 Å². The monoisotopic (exact) mass is 860 g/mol. The summed E-state index contributed by atoms with van der Waals surface area (Å²) in [5.41, 5.74) is 0. The summed E-state index contributed by atoms with van der Waals surface area (Å²) >= 11 is 0. The zero-order valence-electron chi connectivity index (χ0n) is 40.3. The van der Waals surface area contributed by atoms with Crippen LogP contribution in [0.4, 0.5) is 0 Å². The SMILES string of the molecule is CCCCCCCCCCCCCCCCCCCCCCCC(O)C(COP(=O)(O)OCC[N+](C)(C)C)NC(=O)CCCCCCCCCCCCCCCCCC. The lowest BCUT2D eigenvalue weighted by Crippen LogP contribution is -2.46. The van der Waals surface area contributed by atoms with E-state index in [1.165, 1.54) is 199 Å². The molecule has 0 aromatic heterocycles. The first-order valence-electron chi connectivity index (χ1n) is 25.9. The number of phosphoric acid groups is 1. The van der Waals surface area contributed by atoms with E-state index < -0.39 is 20.0 Å². The maximum atomic E-state index is 12.9. The predicted molar refractivity (Wildman–Crippen MR) is 254 cm³/mol. The molecule has 354 valence electrons. The first-order valence-corrected chi connectivity index (χ1v) is 27.4. The molecule has 3 N–H and O–H groups in total. The van der Waals surface area contributed by atoms with Gasteiger partial charge in [0, 0.05) is 6.42 Å². The van der Waals surface area contributed by atoms with Gasteiger partial charge in [-0.2, -0.15) is 0 Å². The highest BCUT2D eigenvalue weighted by Gasteiger charge is 2.28. The largest absolute Gasteiger partial charge is 0.472 e. The number of carbonyl (C=O) groups is 1. The molecule has 0 saturated heterocycles. The van der Waals surface area contributed by atoms with Crippen molar-refractivity contribution in [3.8, 4) is 0 Å². The van der Waals surface area contributed by atoms with Gasteiger partial charge in [-0.25, -0.2) is 4.57 Å². The minimum absolute atomic E-state index is 0.0789. The molecule has 0 aliphatic carbocycles. The number of phosphoric ester groups is 1. The molecule has 0 spiro atoms. The Labute approximate surface area is 368 Å². The number of hydrogen-bond donors (Lipinski definition) is 3. The molecule has 59 heavy (non-hydrogen) atoms. The van der Waals surface area contributed by atoms with Gasteiger partial charge in [0.15, 0.2) is 0 Å². The summed E-state index contributed by atoms with van der Waals surface area (Å²) in [7, 11) is 1.63. The second kappa shape index (κ2) is 42.8. The van der Waals surface area contributed by atoms with Crippen LogP contribution in [0.1, 0.15) is 264 Å². The number of aliphatic hydroxyl groups excluding tert-OH is 1. The summed E-state index contributed by atoms with van der Waals surface area (Å²) in [6.07, 6.45) is 48.5. The minimum Gasteiger partial charge on any atom is -0.391 e. The summed E-state index contributed by atoms with van der Waals surface area (Å²) in [4.78, 5) is 23.2. The lowest BCUT2D eigenvalue weighted by molar-refractivity contribution is -0.870. The Balaban J connectivity index is 4.21. The van der Waals surface area contributed by atoms with Gasteiger partial charge in [-0.1, -0.05) is 245 Å². The van der Waals surface area contributed by atoms with Crippen molar-refractivity contribution in [2.75, 3.05) is 40.9 Å². The molecule has 3 atom stereocenters. The van der Waals surface area contributed by atoms with E-state index in [2.05, 4.69) is 19.2 Å². The fourth-order valence-corrected chi connectivity index (χ4v) is 8.73. The van der Waals surface area contributed by atoms with Gasteiger partial charge < -0.3 is 19.8 Å². The van der Waals surface area contributed by atoms with E-state index in [1.807, 2.05) is 21.1 Å². The zero-order chi connectivity index (χ0) is 43.6. The van der Waals surface area contributed by atoms with Gasteiger partial charge in [0.25, 0.3) is 0 Å². The maximum absolute atomic E-state index is 12.9. The van der Waals surface area contributed by atoms with E-state index in [0.717, 1.165) is 38.5 Å². The minimum atomic E-state index is -4.31.